The van der Waals surface area contributed by atoms with E-state index in [9.17, 15) is 0 Å². The number of rotatable bonds is 9. The van der Waals surface area contributed by atoms with Crippen molar-refractivity contribution in [3.63, 3.8) is 0 Å². The molecule has 0 unspecified atom stereocenters. The van der Waals surface area contributed by atoms with Crippen molar-refractivity contribution in [3.8, 4) is 5.75 Å². The Balaban J connectivity index is 0.00000364. The predicted octanol–water partition coefficient (Wildman–Crippen LogP) is 3.59. The molecular formula is C20H35IN4O2. The molecular weight excluding hydrogens is 455 g/mol. The zero-order valence-corrected chi connectivity index (χ0v) is 19.7. The molecule has 1 fully saturated rings. The van der Waals surface area contributed by atoms with E-state index in [1.165, 1.54) is 19.3 Å². The number of halogens is 1. The van der Waals surface area contributed by atoms with Crippen molar-refractivity contribution in [2.75, 3.05) is 33.9 Å². The summed E-state index contributed by atoms with van der Waals surface area (Å²) in [6.45, 7) is 9.25. The van der Waals surface area contributed by atoms with Gasteiger partial charge in [0.25, 0.3) is 0 Å². The van der Waals surface area contributed by atoms with Gasteiger partial charge in [0.15, 0.2) is 5.96 Å². The second-order valence-corrected chi connectivity index (χ2v) is 7.19. The predicted molar refractivity (Wildman–Crippen MR) is 121 cm³/mol. The Labute approximate surface area is 180 Å². The molecule has 0 amide bonds. The summed E-state index contributed by atoms with van der Waals surface area (Å²) in [5.74, 6) is 1.74. The molecule has 0 spiro atoms. The van der Waals surface area contributed by atoms with E-state index in [4.69, 9.17) is 14.5 Å². The Bertz CT molecular complexity index is 618. The van der Waals surface area contributed by atoms with Gasteiger partial charge in [0, 0.05) is 44.1 Å². The zero-order valence-electron chi connectivity index (χ0n) is 17.4. The molecule has 0 atom stereocenters. The summed E-state index contributed by atoms with van der Waals surface area (Å²) in [4.78, 5) is 9.27. The van der Waals surface area contributed by atoms with Crippen molar-refractivity contribution < 1.29 is 9.47 Å². The van der Waals surface area contributed by atoms with E-state index in [1.54, 1.807) is 14.2 Å². The highest BCUT2D eigenvalue weighted by Crippen LogP contribution is 2.43. The number of aromatic nitrogens is 1. The van der Waals surface area contributed by atoms with Crippen molar-refractivity contribution in [2.24, 2.45) is 10.4 Å². The monoisotopic (exact) mass is 490 g/mol. The molecule has 0 radical (unpaired) electrons. The van der Waals surface area contributed by atoms with Crippen LogP contribution in [0.5, 0.6) is 5.75 Å². The number of hydrogen-bond acceptors (Lipinski definition) is 4. The van der Waals surface area contributed by atoms with Crippen LogP contribution < -0.4 is 15.4 Å². The highest BCUT2D eigenvalue weighted by atomic mass is 127. The quantitative estimate of drug-likeness (QED) is 0.315. The first-order chi connectivity index (χ1) is 12.5. The Morgan fingerprint density at radius 3 is 2.56 bits per heavy atom. The molecule has 6 nitrogen and oxygen atoms in total. The fourth-order valence-electron chi connectivity index (χ4n) is 3.51. The summed E-state index contributed by atoms with van der Waals surface area (Å²) in [5.41, 5.74) is 3.41. The summed E-state index contributed by atoms with van der Waals surface area (Å²) >= 11 is 0. The number of methoxy groups -OCH3 is 2. The van der Waals surface area contributed by atoms with Gasteiger partial charge in [-0.05, 0) is 45.4 Å². The van der Waals surface area contributed by atoms with Crippen molar-refractivity contribution >= 4 is 29.9 Å². The van der Waals surface area contributed by atoms with Crippen LogP contribution in [0.2, 0.25) is 0 Å². The summed E-state index contributed by atoms with van der Waals surface area (Å²) in [5, 5.41) is 6.86. The third kappa shape index (κ3) is 6.48. The lowest BCUT2D eigenvalue weighted by atomic mass is 9.67. The Morgan fingerprint density at radius 2 is 2.00 bits per heavy atom. The minimum atomic E-state index is 0. The molecule has 0 aliphatic heterocycles. The van der Waals surface area contributed by atoms with Gasteiger partial charge in [-0.25, -0.2) is 4.99 Å². The highest BCUT2D eigenvalue weighted by molar-refractivity contribution is 14.0. The van der Waals surface area contributed by atoms with Crippen LogP contribution >= 0.6 is 24.0 Å². The first-order valence-electron chi connectivity index (χ1n) is 9.55. The van der Waals surface area contributed by atoms with Gasteiger partial charge >= 0.3 is 0 Å². The van der Waals surface area contributed by atoms with Gasteiger partial charge in [0.1, 0.15) is 5.75 Å². The number of aryl methyl sites for hydroxylation is 1. The number of nitrogens with one attached hydrogen (secondary N) is 2. The second-order valence-electron chi connectivity index (χ2n) is 7.19. The average Bonchev–Trinajstić information content (AvgIpc) is 2.60. The van der Waals surface area contributed by atoms with Crippen LogP contribution in [0, 0.1) is 19.3 Å². The molecule has 1 aliphatic carbocycles. The molecule has 0 saturated heterocycles. The third-order valence-electron chi connectivity index (χ3n) is 5.36. The SMILES string of the molecule is CCNC(=NCc1ncc(C)c(OC)c1C)NCC1(CCOC)CCC1.I. The molecule has 0 bridgehead atoms. The van der Waals surface area contributed by atoms with Gasteiger partial charge in [-0.2, -0.15) is 0 Å². The lowest BCUT2D eigenvalue weighted by Gasteiger charge is -2.42. The van der Waals surface area contributed by atoms with Gasteiger partial charge in [-0.15, -0.1) is 24.0 Å². The molecule has 27 heavy (non-hydrogen) atoms. The molecule has 154 valence electrons. The van der Waals surface area contributed by atoms with E-state index in [0.717, 1.165) is 54.6 Å². The number of hydrogen-bond donors (Lipinski definition) is 2. The third-order valence-corrected chi connectivity index (χ3v) is 5.36. The Morgan fingerprint density at radius 1 is 1.26 bits per heavy atom. The summed E-state index contributed by atoms with van der Waals surface area (Å²) < 4.78 is 10.8. The maximum absolute atomic E-state index is 5.49. The van der Waals surface area contributed by atoms with Crippen LogP contribution in [0.1, 0.15) is 49.4 Å². The first-order valence-corrected chi connectivity index (χ1v) is 9.55. The van der Waals surface area contributed by atoms with Crippen molar-refractivity contribution in [3.05, 3.63) is 23.0 Å². The van der Waals surface area contributed by atoms with Gasteiger partial charge < -0.3 is 20.1 Å². The van der Waals surface area contributed by atoms with E-state index in [2.05, 4.69) is 22.5 Å². The van der Waals surface area contributed by atoms with Gasteiger partial charge in [-0.3, -0.25) is 4.98 Å². The number of aliphatic imine (C=N–C) groups is 1. The summed E-state index contributed by atoms with van der Waals surface area (Å²) in [6.07, 6.45) is 6.79. The molecule has 2 N–H and O–H groups in total. The van der Waals surface area contributed by atoms with E-state index in [1.807, 2.05) is 20.0 Å². The second kappa shape index (κ2) is 11.7. The van der Waals surface area contributed by atoms with Gasteiger partial charge in [0.2, 0.25) is 0 Å². The molecule has 1 aromatic heterocycles. The maximum Gasteiger partial charge on any atom is 0.191 e. The van der Waals surface area contributed by atoms with Crippen LogP contribution in [-0.2, 0) is 11.3 Å². The standard InChI is InChI=1S/C20H34N4O2.HI/c1-6-21-19(24-14-20(8-7-9-20)10-11-25-4)23-13-17-16(3)18(26-5)15(2)12-22-17;/h12H,6-11,13-14H2,1-5H3,(H2,21,23,24);1H. The number of guanidine groups is 1. The van der Waals surface area contributed by atoms with Crippen LogP contribution in [0.4, 0.5) is 0 Å². The van der Waals surface area contributed by atoms with Crippen LogP contribution in [0.25, 0.3) is 0 Å². The van der Waals surface area contributed by atoms with Crippen LogP contribution in [0.3, 0.4) is 0 Å². The fraction of sp³-hybridized carbons (Fsp3) is 0.700. The van der Waals surface area contributed by atoms with E-state index < -0.39 is 0 Å². The Kier molecular flexibility index (Phi) is 10.4. The molecule has 0 aromatic carbocycles. The smallest absolute Gasteiger partial charge is 0.191 e. The lowest BCUT2D eigenvalue weighted by Crippen LogP contribution is -2.47. The van der Waals surface area contributed by atoms with Crippen LogP contribution in [0.15, 0.2) is 11.2 Å². The van der Waals surface area contributed by atoms with Crippen molar-refractivity contribution in [1.29, 1.82) is 0 Å². The van der Waals surface area contributed by atoms with Gasteiger partial charge in [0.05, 0.1) is 19.3 Å². The largest absolute Gasteiger partial charge is 0.496 e. The number of ether oxygens (including phenoxy) is 2. The maximum atomic E-state index is 5.49. The summed E-state index contributed by atoms with van der Waals surface area (Å²) in [6, 6.07) is 0. The van der Waals surface area contributed by atoms with Gasteiger partial charge in [-0.1, -0.05) is 6.42 Å². The average molecular weight is 490 g/mol. The summed E-state index contributed by atoms with van der Waals surface area (Å²) in [7, 11) is 3.47. The molecule has 1 heterocycles. The molecule has 1 aliphatic rings. The lowest BCUT2D eigenvalue weighted by molar-refractivity contribution is 0.0732. The zero-order chi connectivity index (χ0) is 19.0. The van der Waals surface area contributed by atoms with Crippen molar-refractivity contribution in [1.82, 2.24) is 15.6 Å². The Hall–Kier alpha value is -1.09. The minimum Gasteiger partial charge on any atom is -0.496 e. The van der Waals surface area contributed by atoms with E-state index in [0.29, 0.717) is 12.0 Å². The normalized spacial score (nSPS) is 15.5. The fourth-order valence-corrected chi connectivity index (χ4v) is 3.51. The molecule has 1 saturated carbocycles. The first kappa shape index (κ1) is 23.9. The number of pyridine rings is 1. The molecule has 7 heteroatoms. The van der Waals surface area contributed by atoms with Crippen LogP contribution in [-0.4, -0.2) is 44.9 Å². The minimum absolute atomic E-state index is 0. The molecule has 2 rings (SSSR count). The highest BCUT2D eigenvalue weighted by Gasteiger charge is 2.36. The molecule has 1 aromatic rings. The topological polar surface area (TPSA) is 67.8 Å². The van der Waals surface area contributed by atoms with Crippen molar-refractivity contribution in [2.45, 2.75) is 53.0 Å². The number of nitrogens with zero attached hydrogens (tertiary/aromatic N) is 2. The van der Waals surface area contributed by atoms with E-state index in [-0.39, 0.29) is 24.0 Å². The van der Waals surface area contributed by atoms with E-state index >= 15 is 0 Å².